The summed E-state index contributed by atoms with van der Waals surface area (Å²) in [6.45, 7) is 1.99. The third-order valence-corrected chi connectivity index (χ3v) is 2.79. The van der Waals surface area contributed by atoms with Crippen LogP contribution in [0.2, 0.25) is 0 Å². The smallest absolute Gasteiger partial charge is 0.130 e. The first-order chi connectivity index (χ1) is 8.70. The van der Waals surface area contributed by atoms with E-state index in [4.69, 9.17) is 4.74 Å². The monoisotopic (exact) mass is 242 g/mol. The van der Waals surface area contributed by atoms with Crippen molar-refractivity contribution in [2.75, 3.05) is 7.11 Å². The van der Waals surface area contributed by atoms with Gasteiger partial charge in [-0.15, -0.1) is 0 Å². The maximum absolute atomic E-state index is 13.4. The highest BCUT2D eigenvalue weighted by Crippen LogP contribution is 2.20. The van der Waals surface area contributed by atoms with Gasteiger partial charge in [0.2, 0.25) is 0 Å². The molecule has 0 spiro atoms. The van der Waals surface area contributed by atoms with Crippen LogP contribution < -0.4 is 4.74 Å². The van der Waals surface area contributed by atoms with E-state index in [0.29, 0.717) is 5.56 Å². The summed E-state index contributed by atoms with van der Waals surface area (Å²) in [5, 5.41) is 0. The molecule has 0 aliphatic heterocycles. The Morgan fingerprint density at radius 2 is 1.83 bits per heavy atom. The van der Waals surface area contributed by atoms with Gasteiger partial charge in [0.05, 0.1) is 7.11 Å². The van der Waals surface area contributed by atoms with Crippen LogP contribution in [-0.4, -0.2) is 7.11 Å². The number of benzene rings is 2. The van der Waals surface area contributed by atoms with Gasteiger partial charge in [0.15, 0.2) is 0 Å². The van der Waals surface area contributed by atoms with E-state index in [1.807, 2.05) is 37.3 Å². The standard InChI is InChI=1S/C16H15FO/c1-12-7-8-13(11-16(12)18-2)9-10-14-5-3-4-6-15(14)17/h3-11H,1-2H3/b10-9+. The van der Waals surface area contributed by atoms with Gasteiger partial charge in [-0.05, 0) is 30.2 Å². The lowest BCUT2D eigenvalue weighted by Crippen LogP contribution is -1.87. The van der Waals surface area contributed by atoms with Crippen molar-refractivity contribution in [3.05, 3.63) is 65.0 Å². The fraction of sp³-hybridized carbons (Fsp3) is 0.125. The summed E-state index contributed by atoms with van der Waals surface area (Å²) in [6.07, 6.45) is 3.64. The maximum atomic E-state index is 13.4. The Bertz CT molecular complexity index is 573. The normalized spacial score (nSPS) is 10.8. The SMILES string of the molecule is COc1cc(/C=C/c2ccccc2F)ccc1C. The first kappa shape index (κ1) is 12.4. The zero-order valence-electron chi connectivity index (χ0n) is 10.5. The van der Waals surface area contributed by atoms with Crippen molar-refractivity contribution in [3.63, 3.8) is 0 Å². The van der Waals surface area contributed by atoms with Crippen LogP contribution >= 0.6 is 0 Å². The van der Waals surface area contributed by atoms with Crippen molar-refractivity contribution in [2.24, 2.45) is 0 Å². The van der Waals surface area contributed by atoms with Gasteiger partial charge in [-0.1, -0.05) is 42.5 Å². The molecule has 0 bridgehead atoms. The van der Waals surface area contributed by atoms with E-state index in [-0.39, 0.29) is 5.82 Å². The third-order valence-electron chi connectivity index (χ3n) is 2.79. The lowest BCUT2D eigenvalue weighted by molar-refractivity contribution is 0.411. The van der Waals surface area contributed by atoms with Gasteiger partial charge in [-0.3, -0.25) is 0 Å². The van der Waals surface area contributed by atoms with Crippen LogP contribution in [0.15, 0.2) is 42.5 Å². The highest BCUT2D eigenvalue weighted by atomic mass is 19.1. The summed E-state index contributed by atoms with van der Waals surface area (Å²) in [7, 11) is 1.65. The fourth-order valence-corrected chi connectivity index (χ4v) is 1.74. The molecule has 0 saturated heterocycles. The van der Waals surface area contributed by atoms with Crippen LogP contribution in [0.1, 0.15) is 16.7 Å². The summed E-state index contributed by atoms with van der Waals surface area (Å²) in [4.78, 5) is 0. The zero-order valence-corrected chi connectivity index (χ0v) is 10.5. The van der Waals surface area contributed by atoms with E-state index < -0.39 is 0 Å². The molecule has 0 amide bonds. The van der Waals surface area contributed by atoms with Crippen LogP contribution in [-0.2, 0) is 0 Å². The number of methoxy groups -OCH3 is 1. The first-order valence-electron chi connectivity index (χ1n) is 5.78. The molecule has 0 aliphatic carbocycles. The molecular formula is C16H15FO. The van der Waals surface area contributed by atoms with Crippen LogP contribution in [0.4, 0.5) is 4.39 Å². The van der Waals surface area contributed by atoms with Gasteiger partial charge in [-0.2, -0.15) is 0 Å². The first-order valence-corrected chi connectivity index (χ1v) is 5.78. The summed E-state index contributed by atoms with van der Waals surface area (Å²) in [5.74, 6) is 0.624. The van der Waals surface area contributed by atoms with Crippen LogP contribution in [0, 0.1) is 12.7 Å². The Balaban J connectivity index is 2.27. The van der Waals surface area contributed by atoms with E-state index >= 15 is 0 Å². The molecule has 2 heteroatoms. The Kier molecular flexibility index (Phi) is 3.78. The van der Waals surface area contributed by atoms with Gasteiger partial charge in [0.1, 0.15) is 11.6 Å². The van der Waals surface area contributed by atoms with Gasteiger partial charge >= 0.3 is 0 Å². The average Bonchev–Trinajstić information content (AvgIpc) is 2.39. The van der Waals surface area contributed by atoms with E-state index in [0.717, 1.165) is 16.9 Å². The number of hydrogen-bond donors (Lipinski definition) is 0. The van der Waals surface area contributed by atoms with Crippen molar-refractivity contribution in [1.29, 1.82) is 0 Å². The molecule has 0 fully saturated rings. The Morgan fingerprint density at radius 1 is 1.06 bits per heavy atom. The highest BCUT2D eigenvalue weighted by Gasteiger charge is 1.99. The number of rotatable bonds is 3. The lowest BCUT2D eigenvalue weighted by Gasteiger charge is -2.05. The summed E-state index contributed by atoms with van der Waals surface area (Å²) in [6, 6.07) is 12.6. The molecule has 18 heavy (non-hydrogen) atoms. The van der Waals surface area contributed by atoms with Crippen LogP contribution in [0.3, 0.4) is 0 Å². The topological polar surface area (TPSA) is 9.23 Å². The minimum atomic E-state index is -0.215. The molecule has 0 unspecified atom stereocenters. The van der Waals surface area contributed by atoms with E-state index in [9.17, 15) is 4.39 Å². The molecule has 0 aliphatic rings. The van der Waals surface area contributed by atoms with Crippen molar-refractivity contribution < 1.29 is 9.13 Å². The molecule has 92 valence electrons. The summed E-state index contributed by atoms with van der Waals surface area (Å²) in [5.41, 5.74) is 2.65. The third kappa shape index (κ3) is 2.77. The van der Waals surface area contributed by atoms with E-state index in [1.54, 1.807) is 25.3 Å². The van der Waals surface area contributed by atoms with Crippen LogP contribution in [0.25, 0.3) is 12.2 Å². The summed E-state index contributed by atoms with van der Waals surface area (Å²) < 4.78 is 18.7. The zero-order chi connectivity index (χ0) is 13.0. The van der Waals surface area contributed by atoms with Gasteiger partial charge in [0, 0.05) is 5.56 Å². The highest BCUT2D eigenvalue weighted by molar-refractivity contribution is 5.70. The molecule has 0 heterocycles. The Morgan fingerprint density at radius 3 is 2.56 bits per heavy atom. The molecule has 0 radical (unpaired) electrons. The quantitative estimate of drug-likeness (QED) is 0.728. The number of aryl methyl sites for hydroxylation is 1. The Hall–Kier alpha value is -2.09. The fourth-order valence-electron chi connectivity index (χ4n) is 1.74. The molecule has 0 atom stereocenters. The minimum Gasteiger partial charge on any atom is -0.496 e. The second kappa shape index (κ2) is 5.50. The second-order valence-corrected chi connectivity index (χ2v) is 4.08. The number of hydrogen-bond acceptors (Lipinski definition) is 1. The van der Waals surface area contributed by atoms with Gasteiger partial charge in [-0.25, -0.2) is 4.39 Å². The maximum Gasteiger partial charge on any atom is 0.130 e. The predicted molar refractivity (Wildman–Crippen MR) is 73.1 cm³/mol. The molecule has 2 aromatic rings. The largest absolute Gasteiger partial charge is 0.496 e. The Labute approximate surface area is 107 Å². The van der Waals surface area contributed by atoms with Gasteiger partial charge < -0.3 is 4.74 Å². The molecule has 1 nitrogen and oxygen atoms in total. The summed E-state index contributed by atoms with van der Waals surface area (Å²) >= 11 is 0. The molecule has 0 N–H and O–H groups in total. The van der Waals surface area contributed by atoms with E-state index in [2.05, 4.69) is 0 Å². The van der Waals surface area contributed by atoms with Crippen LogP contribution in [0.5, 0.6) is 5.75 Å². The van der Waals surface area contributed by atoms with Crippen molar-refractivity contribution in [2.45, 2.75) is 6.92 Å². The number of halogens is 1. The average molecular weight is 242 g/mol. The second-order valence-electron chi connectivity index (χ2n) is 4.08. The predicted octanol–water partition coefficient (Wildman–Crippen LogP) is 4.31. The lowest BCUT2D eigenvalue weighted by atomic mass is 10.1. The van der Waals surface area contributed by atoms with Crippen molar-refractivity contribution in [3.8, 4) is 5.75 Å². The van der Waals surface area contributed by atoms with E-state index in [1.165, 1.54) is 6.07 Å². The molecular weight excluding hydrogens is 227 g/mol. The minimum absolute atomic E-state index is 0.215. The molecule has 0 aromatic heterocycles. The molecule has 2 aromatic carbocycles. The molecule has 0 saturated carbocycles. The number of ether oxygens (including phenoxy) is 1. The molecule has 2 rings (SSSR count). The van der Waals surface area contributed by atoms with Crippen molar-refractivity contribution >= 4 is 12.2 Å². The van der Waals surface area contributed by atoms with Crippen molar-refractivity contribution in [1.82, 2.24) is 0 Å². The van der Waals surface area contributed by atoms with Gasteiger partial charge in [0.25, 0.3) is 0 Å².